The Morgan fingerprint density at radius 2 is 1.42 bits per heavy atom. The third-order valence-corrected chi connectivity index (χ3v) is 6.86. The number of benzene rings is 2. The molecule has 1 atom stereocenters. The van der Waals surface area contributed by atoms with Crippen LogP contribution in [0.3, 0.4) is 0 Å². The largest absolute Gasteiger partial charge is 0.465 e. The molecule has 1 N–H and O–H groups in total. The summed E-state index contributed by atoms with van der Waals surface area (Å²) in [7, 11) is 1.64. The minimum Gasteiger partial charge on any atom is -0.465 e. The summed E-state index contributed by atoms with van der Waals surface area (Å²) >= 11 is 0. The number of esters is 1. The molecule has 0 saturated carbocycles. The van der Waals surface area contributed by atoms with Crippen molar-refractivity contribution in [3.05, 3.63) is 59.7 Å². The molecule has 2 rings (SSSR count). The Bertz CT molecular complexity index is 881. The number of rotatable bonds is 10. The van der Waals surface area contributed by atoms with Crippen molar-refractivity contribution in [2.24, 2.45) is 0 Å². The van der Waals surface area contributed by atoms with Crippen molar-refractivity contribution >= 4 is 24.9 Å². The summed E-state index contributed by atoms with van der Waals surface area (Å²) in [4.78, 5) is 13.7. The zero-order chi connectivity index (χ0) is 23.2. The van der Waals surface area contributed by atoms with Crippen LogP contribution in [0.2, 0.25) is 0 Å². The van der Waals surface area contributed by atoms with Gasteiger partial charge in [-0.15, -0.1) is 0 Å². The number of ether oxygens (including phenoxy) is 1. The second-order valence-electron chi connectivity index (χ2n) is 7.95. The number of hydrogen-bond acceptors (Lipinski definition) is 7. The number of nitrogens with one attached hydrogen (secondary N) is 1. The van der Waals surface area contributed by atoms with Gasteiger partial charge in [0.15, 0.2) is 5.78 Å². The SMILES string of the molecule is COC(=O)c1ccc(NC(c2ccc(N(C)C)cc2)P(=O)(OC(C)C)OC(C)C)cc1. The highest BCUT2D eigenvalue weighted by Gasteiger charge is 2.39. The van der Waals surface area contributed by atoms with Gasteiger partial charge < -0.3 is 24.0 Å². The van der Waals surface area contributed by atoms with E-state index in [0.29, 0.717) is 11.3 Å². The van der Waals surface area contributed by atoms with E-state index in [0.717, 1.165) is 11.3 Å². The fourth-order valence-electron chi connectivity index (χ4n) is 3.01. The predicted octanol–water partition coefficient (Wildman–Crippen LogP) is 5.69. The number of methoxy groups -OCH3 is 1. The van der Waals surface area contributed by atoms with E-state index in [1.165, 1.54) is 7.11 Å². The van der Waals surface area contributed by atoms with Crippen molar-refractivity contribution in [1.82, 2.24) is 0 Å². The van der Waals surface area contributed by atoms with Gasteiger partial charge in [-0.05, 0) is 69.7 Å². The van der Waals surface area contributed by atoms with Crippen LogP contribution in [0.5, 0.6) is 0 Å². The molecule has 2 aromatic carbocycles. The van der Waals surface area contributed by atoms with Crippen LogP contribution >= 0.6 is 7.60 Å². The smallest absolute Gasteiger partial charge is 0.357 e. The van der Waals surface area contributed by atoms with Crippen LogP contribution in [-0.4, -0.2) is 39.4 Å². The molecule has 0 radical (unpaired) electrons. The second-order valence-corrected chi connectivity index (χ2v) is 9.97. The number of carbonyl (C=O) groups is 1. The maximum Gasteiger partial charge on any atom is 0.357 e. The molecule has 0 saturated heterocycles. The van der Waals surface area contributed by atoms with Gasteiger partial charge >= 0.3 is 13.6 Å². The van der Waals surface area contributed by atoms with Gasteiger partial charge in [-0.3, -0.25) is 4.57 Å². The van der Waals surface area contributed by atoms with E-state index in [-0.39, 0.29) is 12.2 Å². The van der Waals surface area contributed by atoms with Gasteiger partial charge in [-0.25, -0.2) is 4.79 Å². The molecule has 0 aliphatic heterocycles. The zero-order valence-electron chi connectivity index (χ0n) is 19.3. The molecule has 8 heteroatoms. The van der Waals surface area contributed by atoms with E-state index < -0.39 is 19.3 Å². The fourth-order valence-corrected chi connectivity index (χ4v) is 5.33. The van der Waals surface area contributed by atoms with Crippen LogP contribution in [0.15, 0.2) is 48.5 Å². The first kappa shape index (κ1) is 24.9. The van der Waals surface area contributed by atoms with E-state index in [4.69, 9.17) is 13.8 Å². The van der Waals surface area contributed by atoms with Gasteiger partial charge in [0.05, 0.1) is 24.9 Å². The minimum atomic E-state index is -3.62. The van der Waals surface area contributed by atoms with Crippen molar-refractivity contribution < 1.29 is 23.1 Å². The molecule has 0 amide bonds. The molecule has 0 heterocycles. The Morgan fingerprint density at radius 3 is 1.84 bits per heavy atom. The molecular formula is C23H33N2O5P. The van der Waals surface area contributed by atoms with Gasteiger partial charge in [0.2, 0.25) is 0 Å². The molecule has 0 aliphatic rings. The highest BCUT2D eigenvalue weighted by molar-refractivity contribution is 7.54. The molecule has 0 spiro atoms. The average Bonchev–Trinajstić information content (AvgIpc) is 2.70. The van der Waals surface area contributed by atoms with E-state index in [9.17, 15) is 9.36 Å². The van der Waals surface area contributed by atoms with Crippen LogP contribution < -0.4 is 10.2 Å². The molecule has 7 nitrogen and oxygen atoms in total. The van der Waals surface area contributed by atoms with E-state index in [2.05, 4.69) is 5.32 Å². The first-order chi connectivity index (χ1) is 14.6. The third-order valence-electron chi connectivity index (χ3n) is 4.37. The topological polar surface area (TPSA) is 77.1 Å². The Hall–Kier alpha value is -2.34. The van der Waals surface area contributed by atoms with Crippen LogP contribution in [0.4, 0.5) is 11.4 Å². The van der Waals surface area contributed by atoms with Crippen LogP contribution in [0, 0.1) is 0 Å². The molecule has 0 aliphatic carbocycles. The first-order valence-electron chi connectivity index (χ1n) is 10.2. The highest BCUT2D eigenvalue weighted by atomic mass is 31.2. The van der Waals surface area contributed by atoms with Crippen LogP contribution in [0.1, 0.15) is 49.4 Å². The van der Waals surface area contributed by atoms with Crippen molar-refractivity contribution in [3.8, 4) is 0 Å². The summed E-state index contributed by atoms with van der Waals surface area (Å²) in [5.41, 5.74) is 2.90. The summed E-state index contributed by atoms with van der Waals surface area (Å²) in [5.74, 6) is -1.16. The summed E-state index contributed by atoms with van der Waals surface area (Å²) in [5, 5.41) is 3.30. The summed E-state index contributed by atoms with van der Waals surface area (Å²) in [6.45, 7) is 7.31. The molecule has 31 heavy (non-hydrogen) atoms. The third kappa shape index (κ3) is 6.82. The van der Waals surface area contributed by atoms with Crippen molar-refractivity contribution in [3.63, 3.8) is 0 Å². The summed E-state index contributed by atoms with van der Waals surface area (Å²) in [6, 6.07) is 14.5. The van der Waals surface area contributed by atoms with Crippen molar-refractivity contribution in [2.75, 3.05) is 31.4 Å². The number of anilines is 2. The van der Waals surface area contributed by atoms with Gasteiger partial charge in [0, 0.05) is 25.5 Å². The molecule has 170 valence electrons. The van der Waals surface area contributed by atoms with E-state index in [1.807, 2.05) is 71.0 Å². The van der Waals surface area contributed by atoms with Crippen molar-refractivity contribution in [2.45, 2.75) is 45.7 Å². The summed E-state index contributed by atoms with van der Waals surface area (Å²) in [6.07, 6.45) is -0.590. The minimum absolute atomic E-state index is 0.295. The Labute approximate surface area is 185 Å². The maximum atomic E-state index is 14.0. The standard InChI is InChI=1S/C23H33N2O5P/c1-16(2)29-31(27,30-17(3)4)22(18-10-14-21(15-11-18)25(5)6)24-20-12-8-19(9-13-20)23(26)28-7/h8-17,22,24H,1-7H3. The lowest BCUT2D eigenvalue weighted by molar-refractivity contribution is 0.0600. The quantitative estimate of drug-likeness (QED) is 0.369. The molecule has 0 bridgehead atoms. The summed E-state index contributed by atoms with van der Waals surface area (Å²) < 4.78 is 30.5. The molecule has 1 unspecified atom stereocenters. The monoisotopic (exact) mass is 448 g/mol. The number of carbonyl (C=O) groups excluding carboxylic acids is 1. The second kappa shape index (κ2) is 10.8. The number of nitrogens with zero attached hydrogens (tertiary/aromatic N) is 1. The maximum absolute atomic E-state index is 14.0. The zero-order valence-corrected chi connectivity index (χ0v) is 20.2. The lowest BCUT2D eigenvalue weighted by atomic mass is 10.1. The van der Waals surface area contributed by atoms with Gasteiger partial charge in [-0.2, -0.15) is 0 Å². The van der Waals surface area contributed by atoms with Crippen LogP contribution in [-0.2, 0) is 18.3 Å². The highest BCUT2D eigenvalue weighted by Crippen LogP contribution is 2.62. The van der Waals surface area contributed by atoms with E-state index >= 15 is 0 Å². The van der Waals surface area contributed by atoms with E-state index in [1.54, 1.807) is 24.3 Å². The molecular weight excluding hydrogens is 415 g/mol. The Morgan fingerprint density at radius 1 is 0.903 bits per heavy atom. The molecule has 0 aromatic heterocycles. The lowest BCUT2D eigenvalue weighted by Crippen LogP contribution is -2.19. The fraction of sp³-hybridized carbons (Fsp3) is 0.435. The molecule has 2 aromatic rings. The van der Waals surface area contributed by atoms with Gasteiger partial charge in [0.25, 0.3) is 0 Å². The Kier molecular flexibility index (Phi) is 8.69. The molecule has 0 fully saturated rings. The normalized spacial score (nSPS) is 12.7. The predicted molar refractivity (Wildman–Crippen MR) is 125 cm³/mol. The van der Waals surface area contributed by atoms with Crippen LogP contribution in [0.25, 0.3) is 0 Å². The lowest BCUT2D eigenvalue weighted by Gasteiger charge is -2.31. The first-order valence-corrected chi connectivity index (χ1v) is 11.9. The van der Waals surface area contributed by atoms with Crippen molar-refractivity contribution in [1.29, 1.82) is 0 Å². The Balaban J connectivity index is 2.47. The average molecular weight is 449 g/mol. The van der Waals surface area contributed by atoms with Gasteiger partial charge in [-0.1, -0.05) is 12.1 Å². The number of hydrogen-bond donors (Lipinski definition) is 1. The van der Waals surface area contributed by atoms with Gasteiger partial charge in [0.1, 0.15) is 0 Å².